The van der Waals surface area contributed by atoms with Crippen molar-refractivity contribution in [3.05, 3.63) is 34.3 Å². The van der Waals surface area contributed by atoms with E-state index in [1.165, 1.54) is 17.5 Å². The van der Waals surface area contributed by atoms with E-state index in [-0.39, 0.29) is 17.0 Å². The molecule has 0 spiro atoms. The van der Waals surface area contributed by atoms with Gasteiger partial charge in [0, 0.05) is 16.9 Å². The van der Waals surface area contributed by atoms with Gasteiger partial charge in [0.15, 0.2) is 0 Å². The second-order valence-corrected chi connectivity index (χ2v) is 8.80. The topological polar surface area (TPSA) is 29.5 Å². The second-order valence-electron chi connectivity index (χ2n) is 8.36. The van der Waals surface area contributed by atoms with Crippen LogP contribution in [-0.2, 0) is 21.4 Å². The lowest BCUT2D eigenvalue weighted by Crippen LogP contribution is -2.59. The number of esters is 1. The first kappa shape index (κ1) is 19.7. The maximum atomic E-state index is 12.6. The van der Waals surface area contributed by atoms with Gasteiger partial charge in [0.2, 0.25) is 0 Å². The second kappa shape index (κ2) is 7.90. The normalized spacial score (nSPS) is 27.7. The largest absolute Gasteiger partial charge is 0.458 e. The third kappa shape index (κ3) is 3.53. The molecule has 0 saturated heterocycles. The van der Waals surface area contributed by atoms with Crippen LogP contribution in [0, 0.1) is 0 Å². The van der Waals surface area contributed by atoms with Crippen molar-refractivity contribution in [2.24, 2.45) is 0 Å². The number of halogens is 1. The molecule has 2 atom stereocenters. The number of fused-ring (bicyclic) bond motifs is 3. The number of carbonyl (C=O) groups is 1. The van der Waals surface area contributed by atoms with Crippen LogP contribution in [0.15, 0.2) is 18.2 Å². The Hall–Kier alpha value is -1.06. The van der Waals surface area contributed by atoms with Crippen molar-refractivity contribution in [1.29, 1.82) is 0 Å². The van der Waals surface area contributed by atoms with Crippen LogP contribution in [0.25, 0.3) is 0 Å². The van der Waals surface area contributed by atoms with Gasteiger partial charge in [-0.2, -0.15) is 0 Å². The molecule has 0 heterocycles. The van der Waals surface area contributed by atoms with Crippen LogP contribution in [0.5, 0.6) is 0 Å². The molecule has 1 aromatic rings. The lowest BCUT2D eigenvalue weighted by atomic mass is 9.53. The highest BCUT2D eigenvalue weighted by Crippen LogP contribution is 2.57. The van der Waals surface area contributed by atoms with Crippen molar-refractivity contribution in [3.8, 4) is 0 Å². The van der Waals surface area contributed by atoms with Crippen molar-refractivity contribution < 1.29 is 9.53 Å². The van der Waals surface area contributed by atoms with E-state index in [1.807, 2.05) is 13.0 Å². The third-order valence-corrected chi connectivity index (χ3v) is 6.68. The molecule has 4 heteroatoms. The van der Waals surface area contributed by atoms with E-state index in [1.54, 1.807) is 0 Å². The molecule has 2 aliphatic carbocycles. The van der Waals surface area contributed by atoms with E-state index in [9.17, 15) is 4.79 Å². The SMILES string of the molecule is CCCC(=O)OC12CCCC[C@]1(CCN(C)C)c1cc(Cl)ccc1CC2. The zero-order valence-corrected chi connectivity index (χ0v) is 17.2. The molecule has 3 nitrogen and oxygen atoms in total. The van der Waals surface area contributed by atoms with Gasteiger partial charge in [0.1, 0.15) is 5.60 Å². The number of hydrogen-bond donors (Lipinski definition) is 0. The molecular formula is C22H32ClNO2. The van der Waals surface area contributed by atoms with Gasteiger partial charge in [-0.25, -0.2) is 0 Å². The van der Waals surface area contributed by atoms with Crippen molar-refractivity contribution in [2.45, 2.75) is 75.7 Å². The summed E-state index contributed by atoms with van der Waals surface area (Å²) in [7, 11) is 4.23. The van der Waals surface area contributed by atoms with E-state index in [0.717, 1.165) is 56.5 Å². The number of ether oxygens (including phenoxy) is 1. The summed E-state index contributed by atoms with van der Waals surface area (Å²) in [5, 5.41) is 0.786. The van der Waals surface area contributed by atoms with Crippen LogP contribution in [0.2, 0.25) is 5.02 Å². The molecule has 144 valence electrons. The highest BCUT2D eigenvalue weighted by atomic mass is 35.5. The van der Waals surface area contributed by atoms with Crippen LogP contribution in [-0.4, -0.2) is 37.1 Å². The van der Waals surface area contributed by atoms with Crippen molar-refractivity contribution in [3.63, 3.8) is 0 Å². The zero-order chi connectivity index (χ0) is 18.8. The lowest BCUT2D eigenvalue weighted by Gasteiger charge is -2.56. The molecule has 1 aromatic carbocycles. The summed E-state index contributed by atoms with van der Waals surface area (Å²) < 4.78 is 6.36. The predicted octanol–water partition coefficient (Wildman–Crippen LogP) is 5.13. The maximum absolute atomic E-state index is 12.6. The minimum absolute atomic E-state index is 0.0332. The number of carbonyl (C=O) groups excluding carboxylic acids is 1. The van der Waals surface area contributed by atoms with Crippen LogP contribution in [0.3, 0.4) is 0 Å². The molecular weight excluding hydrogens is 346 g/mol. The number of aryl methyl sites for hydroxylation is 1. The number of rotatable bonds is 6. The van der Waals surface area contributed by atoms with Crippen LogP contribution in [0.1, 0.15) is 69.4 Å². The monoisotopic (exact) mass is 377 g/mol. The van der Waals surface area contributed by atoms with Gasteiger partial charge in [-0.05, 0) is 88.8 Å². The first-order chi connectivity index (χ1) is 12.4. The fourth-order valence-corrected chi connectivity index (χ4v) is 5.34. The summed E-state index contributed by atoms with van der Waals surface area (Å²) in [6.07, 6.45) is 8.63. The predicted molar refractivity (Wildman–Crippen MR) is 107 cm³/mol. The lowest BCUT2D eigenvalue weighted by molar-refractivity contribution is -0.179. The quantitative estimate of drug-likeness (QED) is 0.643. The average Bonchev–Trinajstić information content (AvgIpc) is 2.60. The van der Waals surface area contributed by atoms with E-state index in [4.69, 9.17) is 16.3 Å². The smallest absolute Gasteiger partial charge is 0.306 e. The highest BCUT2D eigenvalue weighted by molar-refractivity contribution is 6.30. The van der Waals surface area contributed by atoms with E-state index < -0.39 is 0 Å². The van der Waals surface area contributed by atoms with Gasteiger partial charge in [0.05, 0.1) is 0 Å². The summed E-state index contributed by atoms with van der Waals surface area (Å²) >= 11 is 6.42. The van der Waals surface area contributed by atoms with E-state index >= 15 is 0 Å². The van der Waals surface area contributed by atoms with Gasteiger partial charge in [0.25, 0.3) is 0 Å². The fourth-order valence-electron chi connectivity index (χ4n) is 5.17. The number of nitrogens with zero attached hydrogens (tertiary/aromatic N) is 1. The summed E-state index contributed by atoms with van der Waals surface area (Å²) in [5.74, 6) is -0.0332. The Balaban J connectivity index is 2.08. The van der Waals surface area contributed by atoms with Crippen LogP contribution >= 0.6 is 11.6 Å². The average molecular weight is 378 g/mol. The molecule has 1 fully saturated rings. The molecule has 1 saturated carbocycles. The third-order valence-electron chi connectivity index (χ3n) is 6.44. The minimum Gasteiger partial charge on any atom is -0.458 e. The fraction of sp³-hybridized carbons (Fsp3) is 0.682. The van der Waals surface area contributed by atoms with E-state index in [0.29, 0.717) is 6.42 Å². The maximum Gasteiger partial charge on any atom is 0.306 e. The van der Waals surface area contributed by atoms with Crippen LogP contribution < -0.4 is 0 Å². The first-order valence-electron chi connectivity index (χ1n) is 10.1. The number of hydrogen-bond acceptors (Lipinski definition) is 3. The first-order valence-corrected chi connectivity index (χ1v) is 10.5. The van der Waals surface area contributed by atoms with Gasteiger partial charge in [-0.3, -0.25) is 4.79 Å². The van der Waals surface area contributed by atoms with Crippen LogP contribution in [0.4, 0.5) is 0 Å². The van der Waals surface area contributed by atoms with Crippen molar-refractivity contribution in [1.82, 2.24) is 4.90 Å². The molecule has 0 aromatic heterocycles. The molecule has 3 rings (SSSR count). The number of benzene rings is 1. The molecule has 0 bridgehead atoms. The van der Waals surface area contributed by atoms with Gasteiger partial charge >= 0.3 is 5.97 Å². The minimum atomic E-state index is -0.370. The molecule has 0 N–H and O–H groups in total. The van der Waals surface area contributed by atoms with Gasteiger partial charge in [-0.15, -0.1) is 0 Å². The zero-order valence-electron chi connectivity index (χ0n) is 16.4. The Bertz CT molecular complexity index is 660. The molecule has 0 amide bonds. The van der Waals surface area contributed by atoms with Gasteiger partial charge < -0.3 is 9.64 Å². The molecule has 0 aliphatic heterocycles. The van der Waals surface area contributed by atoms with Crippen molar-refractivity contribution in [2.75, 3.05) is 20.6 Å². The Morgan fingerprint density at radius 3 is 2.73 bits per heavy atom. The summed E-state index contributed by atoms with van der Waals surface area (Å²) in [6.45, 7) is 3.02. The standard InChI is InChI=1S/C22H32ClNO2/c1-4-7-20(25)26-22-12-6-5-11-21(22,14-15-24(2)3)19-16-18(23)9-8-17(19)10-13-22/h8-9,16H,4-7,10-15H2,1-3H3/t21-,22?/m0/s1. The summed E-state index contributed by atoms with van der Waals surface area (Å²) in [4.78, 5) is 14.8. The molecule has 0 radical (unpaired) electrons. The van der Waals surface area contributed by atoms with E-state index in [2.05, 4.69) is 31.1 Å². The molecule has 26 heavy (non-hydrogen) atoms. The Morgan fingerprint density at radius 1 is 1.23 bits per heavy atom. The van der Waals surface area contributed by atoms with Gasteiger partial charge in [-0.1, -0.05) is 31.0 Å². The highest BCUT2D eigenvalue weighted by Gasteiger charge is 2.58. The Labute approximate surface area is 163 Å². The molecule has 2 aliphatic rings. The summed E-state index contributed by atoms with van der Waals surface area (Å²) in [5.41, 5.74) is 2.24. The van der Waals surface area contributed by atoms with Crippen molar-refractivity contribution >= 4 is 17.6 Å². The Morgan fingerprint density at radius 2 is 2.00 bits per heavy atom. The Kier molecular flexibility index (Phi) is 5.98. The molecule has 1 unspecified atom stereocenters. The summed E-state index contributed by atoms with van der Waals surface area (Å²) in [6, 6.07) is 6.33.